The minimum atomic E-state index is -0.562. The molecule has 0 aromatic heterocycles. The molecule has 0 aliphatic rings. The smallest absolute Gasteiger partial charge is 0.147 e. The van der Waals surface area contributed by atoms with Crippen molar-refractivity contribution >= 4 is 17.5 Å². The fraction of sp³-hybridized carbons (Fsp3) is 0.240. The molecule has 0 heterocycles. The number of hydrogen-bond donors (Lipinski definition) is 1. The molecule has 2 N–H and O–H groups in total. The number of Topliss-reactive ketones (excluding diaryl/α,β-unsaturated/α-hetero) is 1. The minimum absolute atomic E-state index is 0.000542. The van der Waals surface area contributed by atoms with Crippen molar-refractivity contribution in [2.45, 2.75) is 36.3 Å². The first-order chi connectivity index (χ1) is 13.4. The van der Waals surface area contributed by atoms with Gasteiger partial charge in [0.25, 0.3) is 0 Å². The van der Waals surface area contributed by atoms with Crippen LogP contribution in [0.1, 0.15) is 37.5 Å². The van der Waals surface area contributed by atoms with Crippen molar-refractivity contribution in [2.24, 2.45) is 5.73 Å². The molecule has 3 rings (SSSR count). The van der Waals surface area contributed by atoms with Gasteiger partial charge >= 0.3 is 0 Å². The third-order valence-electron chi connectivity index (χ3n) is 5.14. The molecular weight excluding hydrogens is 362 g/mol. The molecule has 0 aliphatic heterocycles. The fourth-order valence-corrected chi connectivity index (χ4v) is 5.49. The molecule has 3 heteroatoms. The Morgan fingerprint density at radius 1 is 0.750 bits per heavy atom. The van der Waals surface area contributed by atoms with Crippen LogP contribution in [-0.2, 0) is 9.54 Å². The summed E-state index contributed by atoms with van der Waals surface area (Å²) in [5, 5.41) is 0. The van der Waals surface area contributed by atoms with E-state index in [9.17, 15) is 4.79 Å². The highest BCUT2D eigenvalue weighted by Crippen LogP contribution is 2.53. The van der Waals surface area contributed by atoms with Gasteiger partial charge in [-0.25, -0.2) is 0 Å². The summed E-state index contributed by atoms with van der Waals surface area (Å²) in [6.45, 7) is 5.70. The maximum absolute atomic E-state index is 12.1. The van der Waals surface area contributed by atoms with Crippen LogP contribution in [0, 0.1) is 0 Å². The van der Waals surface area contributed by atoms with Crippen LogP contribution in [0.25, 0.3) is 0 Å². The molecule has 1 atom stereocenters. The van der Waals surface area contributed by atoms with E-state index in [0.29, 0.717) is 0 Å². The summed E-state index contributed by atoms with van der Waals surface area (Å²) in [6.07, 6.45) is 0. The molecule has 3 aromatic rings. The Morgan fingerprint density at radius 2 is 1.07 bits per heavy atom. The van der Waals surface area contributed by atoms with Gasteiger partial charge in [0.1, 0.15) is 5.78 Å². The van der Waals surface area contributed by atoms with Crippen molar-refractivity contribution in [2.75, 3.05) is 0 Å². The first kappa shape index (κ1) is 20.4. The summed E-state index contributed by atoms with van der Waals surface area (Å²) < 4.78 is -0.965. The Kier molecular flexibility index (Phi) is 6.07. The molecule has 3 aromatic carbocycles. The normalized spacial score (nSPS) is 13.1. The topological polar surface area (TPSA) is 43.1 Å². The standard InChI is InChI=1S/C25H27NOS/c1-19(27)23(26)24(2,3)28-25(20-13-7-4-8-14-20,21-15-9-5-10-16-21)22-17-11-6-12-18-22/h4-18,23H,26H2,1-3H3. The van der Waals surface area contributed by atoms with Crippen molar-refractivity contribution < 1.29 is 4.79 Å². The highest BCUT2D eigenvalue weighted by molar-refractivity contribution is 8.02. The summed E-state index contributed by atoms with van der Waals surface area (Å²) in [4.78, 5) is 12.1. The predicted molar refractivity (Wildman–Crippen MR) is 120 cm³/mol. The van der Waals surface area contributed by atoms with Gasteiger partial charge in [-0.05, 0) is 37.5 Å². The predicted octanol–water partition coefficient (Wildman–Crippen LogP) is 5.41. The van der Waals surface area contributed by atoms with E-state index in [4.69, 9.17) is 5.73 Å². The molecule has 0 saturated carbocycles. The van der Waals surface area contributed by atoms with Gasteiger partial charge in [-0.15, -0.1) is 11.8 Å². The van der Waals surface area contributed by atoms with Crippen LogP contribution in [0.3, 0.4) is 0 Å². The molecule has 0 bridgehead atoms. The van der Waals surface area contributed by atoms with Crippen molar-refractivity contribution in [3.05, 3.63) is 108 Å². The number of rotatable bonds is 7. The zero-order valence-electron chi connectivity index (χ0n) is 16.6. The van der Waals surface area contributed by atoms with E-state index in [1.54, 1.807) is 18.7 Å². The molecule has 2 nitrogen and oxygen atoms in total. The summed E-state index contributed by atoms with van der Waals surface area (Å²) >= 11 is 1.74. The van der Waals surface area contributed by atoms with Gasteiger partial charge < -0.3 is 5.73 Å². The van der Waals surface area contributed by atoms with E-state index in [0.717, 1.165) is 0 Å². The van der Waals surface area contributed by atoms with Crippen molar-refractivity contribution in [1.29, 1.82) is 0 Å². The number of hydrogen-bond acceptors (Lipinski definition) is 3. The third kappa shape index (κ3) is 3.91. The molecule has 0 saturated heterocycles. The Labute approximate surface area is 172 Å². The maximum Gasteiger partial charge on any atom is 0.147 e. The number of ketones is 1. The molecule has 1 unspecified atom stereocenters. The van der Waals surface area contributed by atoms with E-state index in [-0.39, 0.29) is 5.78 Å². The Bertz CT molecular complexity index is 810. The van der Waals surface area contributed by atoms with Crippen LogP contribution in [-0.4, -0.2) is 16.6 Å². The zero-order chi connectivity index (χ0) is 20.2. The van der Waals surface area contributed by atoms with Crippen LogP contribution < -0.4 is 5.73 Å². The van der Waals surface area contributed by atoms with E-state index < -0.39 is 15.5 Å². The second-order valence-corrected chi connectivity index (χ2v) is 9.44. The van der Waals surface area contributed by atoms with Crippen molar-refractivity contribution in [1.82, 2.24) is 0 Å². The van der Waals surface area contributed by atoms with Gasteiger partial charge in [-0.2, -0.15) is 0 Å². The molecule has 144 valence electrons. The van der Waals surface area contributed by atoms with Gasteiger partial charge in [0.15, 0.2) is 0 Å². The number of thioether (sulfide) groups is 1. The lowest BCUT2D eigenvalue weighted by atomic mass is 9.84. The third-order valence-corrected chi connectivity index (χ3v) is 6.94. The zero-order valence-corrected chi connectivity index (χ0v) is 17.4. The average molecular weight is 390 g/mol. The highest BCUT2D eigenvalue weighted by atomic mass is 32.2. The first-order valence-electron chi connectivity index (χ1n) is 9.51. The van der Waals surface area contributed by atoms with Crippen LogP contribution in [0.2, 0.25) is 0 Å². The fourth-order valence-electron chi connectivity index (χ4n) is 3.64. The van der Waals surface area contributed by atoms with Gasteiger partial charge in [0, 0.05) is 4.75 Å². The lowest BCUT2D eigenvalue weighted by Gasteiger charge is -2.43. The van der Waals surface area contributed by atoms with E-state index >= 15 is 0 Å². The Morgan fingerprint density at radius 3 is 1.36 bits per heavy atom. The Hall–Kier alpha value is -2.36. The van der Waals surface area contributed by atoms with Crippen molar-refractivity contribution in [3.8, 4) is 0 Å². The van der Waals surface area contributed by atoms with Gasteiger partial charge in [0.05, 0.1) is 10.8 Å². The van der Waals surface area contributed by atoms with E-state index in [1.807, 2.05) is 18.2 Å². The van der Waals surface area contributed by atoms with Crippen LogP contribution >= 0.6 is 11.8 Å². The quantitative estimate of drug-likeness (QED) is 0.550. The highest BCUT2D eigenvalue weighted by Gasteiger charge is 2.44. The van der Waals surface area contributed by atoms with Gasteiger partial charge in [-0.3, -0.25) is 4.79 Å². The van der Waals surface area contributed by atoms with E-state index in [1.165, 1.54) is 16.7 Å². The SMILES string of the molecule is CC(=O)C(N)C(C)(C)SC(c1ccccc1)(c1ccccc1)c1ccccc1. The Balaban J connectivity index is 2.30. The number of benzene rings is 3. The van der Waals surface area contributed by atoms with Crippen LogP contribution in [0.4, 0.5) is 0 Å². The van der Waals surface area contributed by atoms with Crippen molar-refractivity contribution in [3.63, 3.8) is 0 Å². The van der Waals surface area contributed by atoms with Gasteiger partial charge in [-0.1, -0.05) is 91.0 Å². The average Bonchev–Trinajstić information content (AvgIpc) is 2.73. The van der Waals surface area contributed by atoms with Crippen LogP contribution in [0.5, 0.6) is 0 Å². The number of nitrogens with two attached hydrogens (primary N) is 1. The molecule has 0 amide bonds. The lowest BCUT2D eigenvalue weighted by Crippen LogP contribution is -2.48. The molecular formula is C25H27NOS. The molecule has 28 heavy (non-hydrogen) atoms. The van der Waals surface area contributed by atoms with Crippen LogP contribution in [0.15, 0.2) is 91.0 Å². The molecule has 0 radical (unpaired) electrons. The second-order valence-electron chi connectivity index (χ2n) is 7.57. The summed E-state index contributed by atoms with van der Waals surface area (Å²) in [7, 11) is 0. The number of carbonyl (C=O) groups excluding carboxylic acids is 1. The molecule has 0 aliphatic carbocycles. The monoisotopic (exact) mass is 389 g/mol. The molecule has 0 fully saturated rings. The van der Waals surface area contributed by atoms with E-state index in [2.05, 4.69) is 86.6 Å². The first-order valence-corrected chi connectivity index (χ1v) is 10.3. The second kappa shape index (κ2) is 8.34. The van der Waals surface area contributed by atoms with Gasteiger partial charge in [0.2, 0.25) is 0 Å². The lowest BCUT2D eigenvalue weighted by molar-refractivity contribution is -0.118. The summed E-state index contributed by atoms with van der Waals surface area (Å²) in [5.41, 5.74) is 9.87. The minimum Gasteiger partial charge on any atom is -0.320 e. The largest absolute Gasteiger partial charge is 0.320 e. The molecule has 0 spiro atoms. The summed E-state index contributed by atoms with van der Waals surface area (Å²) in [5.74, 6) is 0.000542. The maximum atomic E-state index is 12.1. The number of carbonyl (C=O) groups is 1. The summed E-state index contributed by atoms with van der Waals surface area (Å²) in [6, 6.07) is 30.8.